The highest BCUT2D eigenvalue weighted by atomic mass is 16.7. The van der Waals surface area contributed by atoms with Crippen molar-refractivity contribution in [3.8, 4) is 17.0 Å². The lowest BCUT2D eigenvalue weighted by molar-refractivity contribution is 0.145. The monoisotopic (exact) mass is 254 g/mol. The van der Waals surface area contributed by atoms with Gasteiger partial charge in [-0.15, -0.1) is 0 Å². The lowest BCUT2D eigenvalue weighted by Crippen LogP contribution is -2.04. The maximum Gasteiger partial charge on any atom is 0.511 e. The molecule has 19 heavy (non-hydrogen) atoms. The number of nitrogens with zero attached hydrogens (tertiary/aromatic N) is 2. The van der Waals surface area contributed by atoms with E-state index in [1.165, 1.54) is 0 Å². The molecule has 0 atom stereocenters. The number of pyridine rings is 1. The first-order chi connectivity index (χ1) is 9.24. The van der Waals surface area contributed by atoms with Crippen molar-refractivity contribution in [3.63, 3.8) is 0 Å². The van der Waals surface area contributed by atoms with Gasteiger partial charge in [0.1, 0.15) is 0 Å². The minimum Gasteiger partial charge on any atom is -0.449 e. The van der Waals surface area contributed by atoms with Crippen molar-refractivity contribution in [2.24, 2.45) is 0 Å². The molecule has 0 unspecified atom stereocenters. The van der Waals surface area contributed by atoms with Crippen LogP contribution in [0.5, 0.6) is 5.75 Å². The van der Waals surface area contributed by atoms with Crippen molar-refractivity contribution in [3.05, 3.63) is 54.9 Å². The molecular formula is C14H10N2O3. The fourth-order valence-electron chi connectivity index (χ4n) is 1.91. The van der Waals surface area contributed by atoms with E-state index in [1.807, 2.05) is 36.5 Å². The minimum atomic E-state index is -1.35. The molecular weight excluding hydrogens is 244 g/mol. The first-order valence-electron chi connectivity index (χ1n) is 5.68. The van der Waals surface area contributed by atoms with Gasteiger partial charge >= 0.3 is 6.16 Å². The standard InChI is InChI=1S/C14H10N2O3/c17-14(18)19-12-7-4-8-16-9-11(15-13(12)16)10-5-2-1-3-6-10/h1-9H,(H,17,18). The van der Waals surface area contributed by atoms with E-state index in [0.717, 1.165) is 11.3 Å². The van der Waals surface area contributed by atoms with Crippen LogP contribution in [0.2, 0.25) is 0 Å². The molecule has 1 aromatic carbocycles. The zero-order chi connectivity index (χ0) is 13.2. The molecule has 0 saturated heterocycles. The number of carbonyl (C=O) groups is 1. The molecule has 0 fully saturated rings. The Bertz CT molecular complexity index is 735. The Labute approximate surface area is 108 Å². The molecule has 1 N–H and O–H groups in total. The van der Waals surface area contributed by atoms with E-state index in [2.05, 4.69) is 4.98 Å². The molecule has 2 aromatic heterocycles. The second-order valence-electron chi connectivity index (χ2n) is 3.96. The summed E-state index contributed by atoms with van der Waals surface area (Å²) in [5.41, 5.74) is 2.21. The third kappa shape index (κ3) is 2.13. The molecule has 0 aliphatic carbocycles. The van der Waals surface area contributed by atoms with Crippen LogP contribution >= 0.6 is 0 Å². The van der Waals surface area contributed by atoms with Crippen molar-refractivity contribution < 1.29 is 14.6 Å². The smallest absolute Gasteiger partial charge is 0.449 e. The molecule has 0 saturated carbocycles. The fourth-order valence-corrected chi connectivity index (χ4v) is 1.91. The Morgan fingerprint density at radius 1 is 1.16 bits per heavy atom. The van der Waals surface area contributed by atoms with Crippen LogP contribution in [0, 0.1) is 0 Å². The third-order valence-corrected chi connectivity index (χ3v) is 2.71. The van der Waals surface area contributed by atoms with E-state index in [0.29, 0.717) is 5.65 Å². The summed E-state index contributed by atoms with van der Waals surface area (Å²) in [7, 11) is 0. The summed E-state index contributed by atoms with van der Waals surface area (Å²) in [5, 5.41) is 8.69. The zero-order valence-corrected chi connectivity index (χ0v) is 9.85. The molecule has 3 rings (SSSR count). The van der Waals surface area contributed by atoms with Gasteiger partial charge in [-0.25, -0.2) is 9.78 Å². The molecule has 5 heteroatoms. The van der Waals surface area contributed by atoms with Crippen LogP contribution in [-0.4, -0.2) is 20.6 Å². The topological polar surface area (TPSA) is 63.8 Å². The van der Waals surface area contributed by atoms with E-state index in [4.69, 9.17) is 9.84 Å². The maximum absolute atomic E-state index is 10.6. The van der Waals surface area contributed by atoms with Crippen LogP contribution in [0.1, 0.15) is 0 Å². The summed E-state index contributed by atoms with van der Waals surface area (Å²) in [6, 6.07) is 13.0. The first-order valence-corrected chi connectivity index (χ1v) is 5.68. The Hall–Kier alpha value is -2.82. The molecule has 0 spiro atoms. The van der Waals surface area contributed by atoms with Gasteiger partial charge < -0.3 is 14.2 Å². The first kappa shape index (κ1) is 11.3. The fraction of sp³-hybridized carbons (Fsp3) is 0. The van der Waals surface area contributed by atoms with Crippen LogP contribution in [0.4, 0.5) is 4.79 Å². The van der Waals surface area contributed by atoms with Gasteiger partial charge in [0.05, 0.1) is 5.69 Å². The Balaban J connectivity index is 2.13. The summed E-state index contributed by atoms with van der Waals surface area (Å²) in [4.78, 5) is 15.0. The highest BCUT2D eigenvalue weighted by Gasteiger charge is 2.10. The molecule has 0 amide bonds. The lowest BCUT2D eigenvalue weighted by Gasteiger charge is -2.00. The summed E-state index contributed by atoms with van der Waals surface area (Å²) >= 11 is 0. The van der Waals surface area contributed by atoms with Crippen molar-refractivity contribution in [2.45, 2.75) is 0 Å². The van der Waals surface area contributed by atoms with E-state index in [9.17, 15) is 4.79 Å². The number of benzene rings is 1. The van der Waals surface area contributed by atoms with E-state index < -0.39 is 6.16 Å². The predicted octanol–water partition coefficient (Wildman–Crippen LogP) is 3.06. The molecule has 0 aliphatic heterocycles. The number of carboxylic acid groups (broad SMARTS) is 1. The van der Waals surface area contributed by atoms with Crippen molar-refractivity contribution in [1.29, 1.82) is 0 Å². The highest BCUT2D eigenvalue weighted by molar-refractivity contribution is 5.70. The second-order valence-corrected chi connectivity index (χ2v) is 3.96. The van der Waals surface area contributed by atoms with Gasteiger partial charge in [0.2, 0.25) is 0 Å². The number of imidazole rings is 1. The average molecular weight is 254 g/mol. The minimum absolute atomic E-state index is 0.220. The number of hydrogen-bond donors (Lipinski definition) is 1. The Kier molecular flexibility index (Phi) is 2.64. The Morgan fingerprint density at radius 3 is 2.68 bits per heavy atom. The number of rotatable bonds is 2. The van der Waals surface area contributed by atoms with Crippen molar-refractivity contribution in [2.75, 3.05) is 0 Å². The van der Waals surface area contributed by atoms with Gasteiger partial charge in [-0.05, 0) is 12.1 Å². The van der Waals surface area contributed by atoms with Gasteiger partial charge in [-0.1, -0.05) is 30.3 Å². The molecule has 3 aromatic rings. The highest BCUT2D eigenvalue weighted by Crippen LogP contribution is 2.24. The van der Waals surface area contributed by atoms with Crippen LogP contribution in [-0.2, 0) is 0 Å². The molecule has 0 bridgehead atoms. The van der Waals surface area contributed by atoms with Crippen molar-refractivity contribution in [1.82, 2.24) is 9.38 Å². The third-order valence-electron chi connectivity index (χ3n) is 2.71. The lowest BCUT2D eigenvalue weighted by atomic mass is 10.2. The summed E-state index contributed by atoms with van der Waals surface area (Å²) in [6.07, 6.45) is 2.28. The van der Waals surface area contributed by atoms with E-state index in [-0.39, 0.29) is 5.75 Å². The molecule has 2 heterocycles. The van der Waals surface area contributed by atoms with Crippen LogP contribution in [0.15, 0.2) is 54.9 Å². The maximum atomic E-state index is 10.6. The number of fused-ring (bicyclic) bond motifs is 1. The predicted molar refractivity (Wildman–Crippen MR) is 69.3 cm³/mol. The molecule has 0 aliphatic rings. The molecule has 5 nitrogen and oxygen atoms in total. The number of hydrogen-bond acceptors (Lipinski definition) is 3. The SMILES string of the molecule is O=C(O)Oc1cccn2cc(-c3ccccc3)nc12. The van der Waals surface area contributed by atoms with Crippen LogP contribution in [0.3, 0.4) is 0 Å². The normalized spacial score (nSPS) is 10.5. The molecule has 0 radical (unpaired) electrons. The van der Waals surface area contributed by atoms with Crippen LogP contribution < -0.4 is 4.74 Å². The number of aromatic nitrogens is 2. The van der Waals surface area contributed by atoms with Gasteiger partial charge in [-0.2, -0.15) is 0 Å². The zero-order valence-electron chi connectivity index (χ0n) is 9.85. The number of ether oxygens (including phenoxy) is 1. The van der Waals surface area contributed by atoms with Gasteiger partial charge in [0, 0.05) is 18.0 Å². The van der Waals surface area contributed by atoms with Crippen molar-refractivity contribution >= 4 is 11.8 Å². The molecule has 94 valence electrons. The average Bonchev–Trinajstić information content (AvgIpc) is 2.84. The van der Waals surface area contributed by atoms with E-state index >= 15 is 0 Å². The quantitative estimate of drug-likeness (QED) is 0.714. The second kappa shape index (κ2) is 4.45. The summed E-state index contributed by atoms with van der Waals surface area (Å²) < 4.78 is 6.45. The van der Waals surface area contributed by atoms with Gasteiger partial charge in [0.15, 0.2) is 11.4 Å². The Morgan fingerprint density at radius 2 is 1.95 bits per heavy atom. The summed E-state index contributed by atoms with van der Waals surface area (Å²) in [6.45, 7) is 0. The van der Waals surface area contributed by atoms with Gasteiger partial charge in [-0.3, -0.25) is 0 Å². The largest absolute Gasteiger partial charge is 0.511 e. The summed E-state index contributed by atoms with van der Waals surface area (Å²) in [5.74, 6) is 0.220. The van der Waals surface area contributed by atoms with Gasteiger partial charge in [0.25, 0.3) is 0 Å². The van der Waals surface area contributed by atoms with Crippen LogP contribution in [0.25, 0.3) is 16.9 Å². The van der Waals surface area contributed by atoms with E-state index in [1.54, 1.807) is 22.7 Å².